The highest BCUT2D eigenvalue weighted by Gasteiger charge is 2.15. The van der Waals surface area contributed by atoms with Gasteiger partial charge in [0.1, 0.15) is 5.75 Å². The highest BCUT2D eigenvalue weighted by atomic mass is 35.5. The van der Waals surface area contributed by atoms with E-state index in [1.807, 2.05) is 30.3 Å². The Bertz CT molecular complexity index is 689. The highest BCUT2D eigenvalue weighted by Crippen LogP contribution is 2.28. The molecule has 2 aromatic carbocycles. The monoisotopic (exact) mass is 347 g/mol. The maximum Gasteiger partial charge on any atom is 0.163 e. The number of nitrogens with one attached hydrogen (secondary N) is 1. The highest BCUT2D eigenvalue weighted by molar-refractivity contribution is 6.31. The predicted molar refractivity (Wildman–Crippen MR) is 95.5 cm³/mol. The van der Waals surface area contributed by atoms with Crippen molar-refractivity contribution in [3.63, 3.8) is 0 Å². The number of carbonyl (C=O) groups excluding carboxylic acids is 1. The SMILES string of the molecule is CC(=O)c1cc(Cl)cc(CNC(CCCO)c2ccccc2)c1O. The van der Waals surface area contributed by atoms with Crippen molar-refractivity contribution in [3.8, 4) is 5.75 Å². The lowest BCUT2D eigenvalue weighted by molar-refractivity contribution is 0.101. The van der Waals surface area contributed by atoms with Crippen molar-refractivity contribution in [2.45, 2.75) is 32.4 Å². The number of halogens is 1. The Kier molecular flexibility index (Phi) is 6.79. The Hall–Kier alpha value is -1.88. The van der Waals surface area contributed by atoms with E-state index in [1.165, 1.54) is 13.0 Å². The van der Waals surface area contributed by atoms with Crippen molar-refractivity contribution >= 4 is 17.4 Å². The molecule has 0 aliphatic carbocycles. The number of phenols is 1. The zero-order valence-electron chi connectivity index (χ0n) is 13.6. The van der Waals surface area contributed by atoms with E-state index in [1.54, 1.807) is 6.07 Å². The molecule has 2 aromatic rings. The number of Topliss-reactive ketones (excluding diaryl/α,β-unsaturated/α-hetero) is 1. The first-order chi connectivity index (χ1) is 11.5. The summed E-state index contributed by atoms with van der Waals surface area (Å²) in [6, 6.07) is 13.1. The quantitative estimate of drug-likeness (QED) is 0.634. The van der Waals surface area contributed by atoms with Gasteiger partial charge in [0.2, 0.25) is 0 Å². The number of aliphatic hydroxyl groups is 1. The zero-order chi connectivity index (χ0) is 17.5. The first-order valence-electron chi connectivity index (χ1n) is 7.94. The molecular formula is C19H22ClNO3. The van der Waals surface area contributed by atoms with Gasteiger partial charge >= 0.3 is 0 Å². The van der Waals surface area contributed by atoms with Crippen LogP contribution in [-0.2, 0) is 6.54 Å². The fourth-order valence-electron chi connectivity index (χ4n) is 2.66. The average molecular weight is 348 g/mol. The topological polar surface area (TPSA) is 69.6 Å². The summed E-state index contributed by atoms with van der Waals surface area (Å²) >= 11 is 6.06. The van der Waals surface area contributed by atoms with E-state index in [4.69, 9.17) is 16.7 Å². The van der Waals surface area contributed by atoms with Crippen LogP contribution in [-0.4, -0.2) is 22.6 Å². The molecule has 0 spiro atoms. The Balaban J connectivity index is 2.18. The van der Waals surface area contributed by atoms with Gasteiger partial charge in [0.15, 0.2) is 5.78 Å². The molecule has 2 rings (SSSR count). The number of aromatic hydroxyl groups is 1. The average Bonchev–Trinajstić information content (AvgIpc) is 2.58. The van der Waals surface area contributed by atoms with Crippen LogP contribution in [0.25, 0.3) is 0 Å². The minimum Gasteiger partial charge on any atom is -0.507 e. The molecule has 0 radical (unpaired) electrons. The van der Waals surface area contributed by atoms with E-state index >= 15 is 0 Å². The number of hydrogen-bond donors (Lipinski definition) is 3. The molecule has 0 bridgehead atoms. The third-order valence-corrected chi connectivity index (χ3v) is 4.14. The molecule has 1 unspecified atom stereocenters. The van der Waals surface area contributed by atoms with Crippen LogP contribution in [0.2, 0.25) is 5.02 Å². The summed E-state index contributed by atoms with van der Waals surface area (Å²) in [7, 11) is 0. The van der Waals surface area contributed by atoms with Gasteiger partial charge in [-0.3, -0.25) is 4.79 Å². The summed E-state index contributed by atoms with van der Waals surface area (Å²) in [5, 5.41) is 23.2. The van der Waals surface area contributed by atoms with Crippen LogP contribution in [0.4, 0.5) is 0 Å². The van der Waals surface area contributed by atoms with Crippen LogP contribution >= 0.6 is 11.6 Å². The predicted octanol–water partition coefficient (Wildman–Crippen LogP) is 3.85. The second-order valence-electron chi connectivity index (χ2n) is 5.73. The first kappa shape index (κ1) is 18.5. The molecule has 0 amide bonds. The molecule has 1 atom stereocenters. The Morgan fingerprint density at radius 1 is 1.25 bits per heavy atom. The number of hydrogen-bond acceptors (Lipinski definition) is 4. The van der Waals surface area contributed by atoms with Gasteiger partial charge in [0, 0.05) is 29.8 Å². The van der Waals surface area contributed by atoms with E-state index in [2.05, 4.69) is 5.32 Å². The first-order valence-corrected chi connectivity index (χ1v) is 8.32. The van der Waals surface area contributed by atoms with Gasteiger partial charge in [0.05, 0.1) is 5.56 Å². The van der Waals surface area contributed by atoms with Gasteiger partial charge in [-0.05, 0) is 37.5 Å². The molecule has 0 aliphatic heterocycles. The summed E-state index contributed by atoms with van der Waals surface area (Å²) in [6.45, 7) is 1.90. The second kappa shape index (κ2) is 8.83. The lowest BCUT2D eigenvalue weighted by atomic mass is 10.0. The zero-order valence-corrected chi connectivity index (χ0v) is 14.4. The second-order valence-corrected chi connectivity index (χ2v) is 6.16. The molecule has 0 aliphatic rings. The summed E-state index contributed by atoms with van der Waals surface area (Å²) in [5.74, 6) is -0.260. The van der Waals surface area contributed by atoms with Gasteiger partial charge in [-0.1, -0.05) is 41.9 Å². The number of rotatable bonds is 8. The minimum absolute atomic E-state index is 0.0339. The van der Waals surface area contributed by atoms with Gasteiger partial charge in [-0.15, -0.1) is 0 Å². The van der Waals surface area contributed by atoms with Crippen LogP contribution < -0.4 is 5.32 Å². The van der Waals surface area contributed by atoms with E-state index in [9.17, 15) is 9.90 Å². The van der Waals surface area contributed by atoms with Crippen LogP contribution in [0.5, 0.6) is 5.75 Å². The largest absolute Gasteiger partial charge is 0.507 e. The third kappa shape index (κ3) is 4.81. The van der Waals surface area contributed by atoms with Crippen LogP contribution in [0, 0.1) is 0 Å². The van der Waals surface area contributed by atoms with Crippen LogP contribution in [0.15, 0.2) is 42.5 Å². The Labute approximate surface area is 147 Å². The van der Waals surface area contributed by atoms with Crippen molar-refractivity contribution in [2.75, 3.05) is 6.61 Å². The van der Waals surface area contributed by atoms with E-state index < -0.39 is 0 Å². The maximum absolute atomic E-state index is 11.6. The minimum atomic E-state index is -0.226. The molecule has 0 fully saturated rings. The number of carbonyl (C=O) groups is 1. The number of ketones is 1. The normalized spacial score (nSPS) is 12.1. The fourth-order valence-corrected chi connectivity index (χ4v) is 2.90. The molecule has 3 N–H and O–H groups in total. The molecule has 0 saturated carbocycles. The molecule has 0 aromatic heterocycles. The Morgan fingerprint density at radius 3 is 2.58 bits per heavy atom. The lowest BCUT2D eigenvalue weighted by Crippen LogP contribution is -2.21. The molecule has 4 nitrogen and oxygen atoms in total. The summed E-state index contributed by atoms with van der Waals surface area (Å²) in [5.41, 5.74) is 1.92. The molecular weight excluding hydrogens is 326 g/mol. The molecule has 128 valence electrons. The lowest BCUT2D eigenvalue weighted by Gasteiger charge is -2.20. The maximum atomic E-state index is 11.6. The van der Waals surface area contributed by atoms with Crippen molar-refractivity contribution in [2.24, 2.45) is 0 Å². The molecule has 24 heavy (non-hydrogen) atoms. The third-order valence-electron chi connectivity index (χ3n) is 3.92. The fraction of sp³-hybridized carbons (Fsp3) is 0.316. The van der Waals surface area contributed by atoms with E-state index in [0.29, 0.717) is 23.6 Å². The van der Waals surface area contributed by atoms with Crippen LogP contribution in [0.1, 0.15) is 47.3 Å². The standard InChI is InChI=1S/C19H22ClNO3/c1-13(23)17-11-16(20)10-15(19(17)24)12-21-18(8-5-9-22)14-6-3-2-4-7-14/h2-4,6-7,10-11,18,21-22,24H,5,8-9,12H2,1H3. The number of phenolic OH excluding ortho intramolecular Hbond substituents is 1. The van der Waals surface area contributed by atoms with Gasteiger partial charge in [0.25, 0.3) is 0 Å². The van der Waals surface area contributed by atoms with Gasteiger partial charge < -0.3 is 15.5 Å². The number of aliphatic hydroxyl groups excluding tert-OH is 1. The van der Waals surface area contributed by atoms with Crippen molar-refractivity contribution in [3.05, 3.63) is 64.2 Å². The molecule has 5 heteroatoms. The van der Waals surface area contributed by atoms with Crippen LogP contribution in [0.3, 0.4) is 0 Å². The smallest absolute Gasteiger partial charge is 0.163 e. The van der Waals surface area contributed by atoms with E-state index in [0.717, 1.165) is 12.0 Å². The van der Waals surface area contributed by atoms with Crippen molar-refractivity contribution < 1.29 is 15.0 Å². The van der Waals surface area contributed by atoms with Crippen molar-refractivity contribution in [1.82, 2.24) is 5.32 Å². The van der Waals surface area contributed by atoms with E-state index in [-0.39, 0.29) is 29.7 Å². The molecule has 0 heterocycles. The van der Waals surface area contributed by atoms with Gasteiger partial charge in [-0.25, -0.2) is 0 Å². The number of benzene rings is 2. The summed E-state index contributed by atoms with van der Waals surface area (Å²) < 4.78 is 0. The molecule has 0 saturated heterocycles. The Morgan fingerprint density at radius 2 is 1.96 bits per heavy atom. The van der Waals surface area contributed by atoms with Gasteiger partial charge in [-0.2, -0.15) is 0 Å². The van der Waals surface area contributed by atoms with Crippen molar-refractivity contribution in [1.29, 1.82) is 0 Å². The summed E-state index contributed by atoms with van der Waals surface area (Å²) in [4.78, 5) is 11.6. The summed E-state index contributed by atoms with van der Waals surface area (Å²) in [6.07, 6.45) is 1.44.